The van der Waals surface area contributed by atoms with Crippen LogP contribution >= 0.6 is 0 Å². The van der Waals surface area contributed by atoms with Crippen molar-refractivity contribution in [1.82, 2.24) is 10.2 Å². The van der Waals surface area contributed by atoms with Crippen LogP contribution in [0.25, 0.3) is 0 Å². The lowest BCUT2D eigenvalue weighted by molar-refractivity contribution is -0.155. The van der Waals surface area contributed by atoms with Crippen LogP contribution in [-0.4, -0.2) is 48.5 Å². The fourth-order valence-electron chi connectivity index (χ4n) is 3.49. The third-order valence-corrected chi connectivity index (χ3v) is 5.50. The molecule has 2 rings (SSSR count). The van der Waals surface area contributed by atoms with Crippen molar-refractivity contribution in [1.29, 1.82) is 0 Å². The van der Waals surface area contributed by atoms with E-state index in [1.807, 2.05) is 19.9 Å². The average molecular weight is 404 g/mol. The summed E-state index contributed by atoms with van der Waals surface area (Å²) in [6.45, 7) is 5.54. The molecule has 7 heteroatoms. The highest BCUT2D eigenvalue weighted by Crippen LogP contribution is 2.26. The van der Waals surface area contributed by atoms with Gasteiger partial charge in [0.15, 0.2) is 6.61 Å². The van der Waals surface area contributed by atoms with E-state index in [4.69, 9.17) is 4.74 Å². The van der Waals surface area contributed by atoms with Crippen molar-refractivity contribution in [2.75, 3.05) is 19.0 Å². The van der Waals surface area contributed by atoms with Crippen molar-refractivity contribution in [3.05, 3.63) is 30.3 Å². The van der Waals surface area contributed by atoms with E-state index < -0.39 is 18.0 Å². The van der Waals surface area contributed by atoms with Gasteiger partial charge in [0.2, 0.25) is 0 Å². The molecule has 1 aromatic carbocycles. The monoisotopic (exact) mass is 403 g/mol. The number of esters is 1. The number of ether oxygens (including phenoxy) is 1. The molecule has 7 nitrogen and oxygen atoms in total. The lowest BCUT2D eigenvalue weighted by Crippen LogP contribution is -2.48. The second-order valence-electron chi connectivity index (χ2n) is 8.21. The van der Waals surface area contributed by atoms with Crippen LogP contribution in [-0.2, 0) is 14.3 Å². The minimum absolute atomic E-state index is 0.184. The largest absolute Gasteiger partial charge is 0.454 e. The predicted molar refractivity (Wildman–Crippen MR) is 112 cm³/mol. The first kappa shape index (κ1) is 22.7. The van der Waals surface area contributed by atoms with Crippen molar-refractivity contribution in [3.63, 3.8) is 0 Å². The third-order valence-electron chi connectivity index (χ3n) is 5.50. The maximum Gasteiger partial charge on any atom is 0.329 e. The molecule has 1 atom stereocenters. The first-order valence-electron chi connectivity index (χ1n) is 10.3. The van der Waals surface area contributed by atoms with E-state index in [2.05, 4.69) is 17.6 Å². The summed E-state index contributed by atoms with van der Waals surface area (Å²) < 4.78 is 5.24. The molecule has 0 heterocycles. The quantitative estimate of drug-likeness (QED) is 0.683. The molecule has 1 fully saturated rings. The molecule has 0 aromatic heterocycles. The number of benzene rings is 1. The second kappa shape index (κ2) is 10.8. The fourth-order valence-corrected chi connectivity index (χ4v) is 3.49. The minimum Gasteiger partial charge on any atom is -0.454 e. The van der Waals surface area contributed by atoms with Crippen LogP contribution in [0.4, 0.5) is 10.5 Å². The Bertz CT molecular complexity index is 685. The highest BCUT2D eigenvalue weighted by molar-refractivity contribution is 5.93. The van der Waals surface area contributed by atoms with Crippen molar-refractivity contribution in [2.24, 2.45) is 11.8 Å². The smallest absolute Gasteiger partial charge is 0.329 e. The molecule has 0 unspecified atom stereocenters. The molecule has 0 aliphatic heterocycles. The molecule has 2 N–H and O–H groups in total. The summed E-state index contributed by atoms with van der Waals surface area (Å²) in [7, 11) is 1.77. The van der Waals surface area contributed by atoms with Gasteiger partial charge in [0.1, 0.15) is 6.04 Å². The number of amides is 3. The summed E-state index contributed by atoms with van der Waals surface area (Å²) in [6.07, 6.45) is 4.18. The number of carbonyl (C=O) groups is 3. The molecule has 1 saturated carbocycles. The molecule has 0 bridgehead atoms. The second-order valence-corrected chi connectivity index (χ2v) is 8.21. The van der Waals surface area contributed by atoms with E-state index >= 15 is 0 Å². The number of nitrogens with zero attached hydrogens (tertiary/aromatic N) is 1. The predicted octanol–water partition coefficient (Wildman–Crippen LogP) is 3.41. The standard InChI is InChI=1S/C22H33N3O4/c1-15(2)20(24-22(28)23-17-8-6-5-7-9-17)21(27)29-14-19(26)25(4)18-12-10-16(3)11-13-18/h5-9,15-16,18,20H,10-14H2,1-4H3,(H2,23,24,28)/t16?,18?,20-/m1/s1. The molecule has 1 aliphatic rings. The average Bonchev–Trinajstić information content (AvgIpc) is 2.70. The van der Waals surface area contributed by atoms with Crippen LogP contribution in [0.3, 0.4) is 0 Å². The van der Waals surface area contributed by atoms with Gasteiger partial charge < -0.3 is 20.3 Å². The maximum atomic E-state index is 12.5. The number of hydrogen-bond acceptors (Lipinski definition) is 4. The number of rotatable bonds is 7. The van der Waals surface area contributed by atoms with Crippen molar-refractivity contribution >= 4 is 23.6 Å². The van der Waals surface area contributed by atoms with Crippen LogP contribution in [0.2, 0.25) is 0 Å². The molecule has 160 valence electrons. The number of anilines is 1. The van der Waals surface area contributed by atoms with E-state index in [-0.39, 0.29) is 24.5 Å². The van der Waals surface area contributed by atoms with Gasteiger partial charge in [-0.15, -0.1) is 0 Å². The van der Waals surface area contributed by atoms with Gasteiger partial charge in [-0.2, -0.15) is 0 Å². The number of nitrogens with one attached hydrogen (secondary N) is 2. The first-order chi connectivity index (χ1) is 13.8. The van der Waals surface area contributed by atoms with Crippen LogP contribution in [0, 0.1) is 11.8 Å². The first-order valence-corrected chi connectivity index (χ1v) is 10.3. The molecule has 29 heavy (non-hydrogen) atoms. The SMILES string of the molecule is CC1CCC(N(C)C(=O)COC(=O)[C@H](NC(=O)Nc2ccccc2)C(C)C)CC1. The highest BCUT2D eigenvalue weighted by Gasteiger charge is 2.29. The van der Waals surface area contributed by atoms with Gasteiger partial charge in [0, 0.05) is 18.8 Å². The Labute approximate surface area is 173 Å². The zero-order valence-electron chi connectivity index (χ0n) is 17.8. The van der Waals surface area contributed by atoms with E-state index in [0.717, 1.165) is 25.7 Å². The molecule has 0 saturated heterocycles. The summed E-state index contributed by atoms with van der Waals surface area (Å²) in [4.78, 5) is 38.8. The van der Waals surface area contributed by atoms with Gasteiger partial charge in [0.25, 0.3) is 5.91 Å². The number of urea groups is 1. The van der Waals surface area contributed by atoms with Crippen LogP contribution in [0.15, 0.2) is 30.3 Å². The van der Waals surface area contributed by atoms with Gasteiger partial charge >= 0.3 is 12.0 Å². The van der Waals surface area contributed by atoms with E-state index in [1.165, 1.54) is 0 Å². The molecule has 3 amide bonds. The Morgan fingerprint density at radius 1 is 1.10 bits per heavy atom. The summed E-state index contributed by atoms with van der Waals surface area (Å²) in [5.41, 5.74) is 0.625. The van der Waals surface area contributed by atoms with Gasteiger partial charge in [-0.3, -0.25) is 4.79 Å². The zero-order chi connectivity index (χ0) is 21.4. The van der Waals surface area contributed by atoms with Crippen LogP contribution in [0.5, 0.6) is 0 Å². The molecule has 1 aromatic rings. The van der Waals surface area contributed by atoms with Gasteiger partial charge in [0.05, 0.1) is 0 Å². The Kier molecular flexibility index (Phi) is 8.49. The van der Waals surface area contributed by atoms with Crippen molar-refractivity contribution in [3.8, 4) is 0 Å². The number of para-hydroxylation sites is 1. The molecule has 0 radical (unpaired) electrons. The lowest BCUT2D eigenvalue weighted by Gasteiger charge is -2.33. The normalized spacial score (nSPS) is 19.9. The Morgan fingerprint density at radius 3 is 2.31 bits per heavy atom. The zero-order valence-corrected chi connectivity index (χ0v) is 17.8. The van der Waals surface area contributed by atoms with E-state index in [9.17, 15) is 14.4 Å². The number of carbonyl (C=O) groups excluding carboxylic acids is 3. The Morgan fingerprint density at radius 2 is 1.72 bits per heavy atom. The summed E-state index contributed by atoms with van der Waals surface area (Å²) in [5.74, 6) is -0.305. The maximum absolute atomic E-state index is 12.5. The van der Waals surface area contributed by atoms with Crippen molar-refractivity contribution < 1.29 is 19.1 Å². The molecule has 0 spiro atoms. The molecular weight excluding hydrogens is 370 g/mol. The van der Waals surface area contributed by atoms with Crippen LogP contribution < -0.4 is 10.6 Å². The minimum atomic E-state index is -0.840. The van der Waals surface area contributed by atoms with Gasteiger partial charge in [-0.1, -0.05) is 39.0 Å². The highest BCUT2D eigenvalue weighted by atomic mass is 16.5. The molecule has 1 aliphatic carbocycles. The summed E-state index contributed by atoms with van der Waals surface area (Å²) in [5, 5.41) is 5.32. The Balaban J connectivity index is 1.83. The third kappa shape index (κ3) is 7.07. The topological polar surface area (TPSA) is 87.7 Å². The van der Waals surface area contributed by atoms with Gasteiger partial charge in [-0.05, 0) is 49.7 Å². The summed E-state index contributed by atoms with van der Waals surface area (Å²) in [6, 6.07) is 7.83. The number of likely N-dealkylation sites (N-methyl/N-ethyl adjacent to an activating group) is 1. The van der Waals surface area contributed by atoms with Gasteiger partial charge in [-0.25, -0.2) is 9.59 Å². The Hall–Kier alpha value is -2.57. The van der Waals surface area contributed by atoms with Crippen LogP contribution in [0.1, 0.15) is 46.5 Å². The molecular formula is C22H33N3O4. The van der Waals surface area contributed by atoms with E-state index in [0.29, 0.717) is 11.6 Å². The number of hydrogen-bond donors (Lipinski definition) is 2. The lowest BCUT2D eigenvalue weighted by atomic mass is 9.87. The summed E-state index contributed by atoms with van der Waals surface area (Å²) >= 11 is 0. The van der Waals surface area contributed by atoms with Crippen molar-refractivity contribution in [2.45, 2.75) is 58.5 Å². The van der Waals surface area contributed by atoms with E-state index in [1.54, 1.807) is 36.2 Å². The fraction of sp³-hybridized carbons (Fsp3) is 0.591.